The minimum absolute atomic E-state index is 0.108. The van der Waals surface area contributed by atoms with Crippen molar-refractivity contribution in [1.82, 2.24) is 9.55 Å². The molecule has 170 valence electrons. The molecule has 20 heteroatoms. The van der Waals surface area contributed by atoms with Crippen molar-refractivity contribution in [1.29, 1.82) is 0 Å². The molecular weight excluding hydrogens is 498 g/mol. The second-order valence-electron chi connectivity index (χ2n) is 5.83. The van der Waals surface area contributed by atoms with E-state index in [1.807, 2.05) is 0 Å². The number of aliphatic hydroxyl groups is 1. The highest BCUT2D eigenvalue weighted by Crippen LogP contribution is 2.66. The molecule has 2 heterocycles. The lowest BCUT2D eigenvalue weighted by Crippen LogP contribution is -2.42. The summed E-state index contributed by atoms with van der Waals surface area (Å²) in [5.74, 6) is -0.108. The van der Waals surface area contributed by atoms with Crippen LogP contribution in [0.2, 0.25) is 0 Å². The van der Waals surface area contributed by atoms with Crippen molar-refractivity contribution >= 4 is 40.9 Å². The van der Waals surface area contributed by atoms with Crippen molar-refractivity contribution < 1.29 is 56.3 Å². The maximum Gasteiger partial charge on any atom is 0.490 e. The van der Waals surface area contributed by atoms with Crippen LogP contribution in [0.15, 0.2) is 17.1 Å². The first kappa shape index (κ1) is 25.4. The molecule has 1 aliphatic rings. The zero-order valence-electron chi connectivity index (χ0n) is 14.5. The highest BCUT2D eigenvalue weighted by molar-refractivity contribution is 7.66. The molecule has 0 spiro atoms. The minimum Gasteiger partial charge on any atom is -0.384 e. The quantitative estimate of drug-likeness (QED) is 0.142. The van der Waals surface area contributed by atoms with Crippen LogP contribution in [-0.2, 0) is 31.6 Å². The molecule has 0 aromatic carbocycles. The first-order chi connectivity index (χ1) is 13.4. The summed E-state index contributed by atoms with van der Waals surface area (Å²) in [4.78, 5) is 49.0. The summed E-state index contributed by atoms with van der Waals surface area (Å²) in [5.41, 5.74) is 4.47. The van der Waals surface area contributed by atoms with Gasteiger partial charge in [-0.15, -0.1) is 0 Å². The average molecular weight is 515 g/mol. The summed E-state index contributed by atoms with van der Waals surface area (Å²) in [7, 11) is -16.7. The molecule has 1 saturated heterocycles. The molecule has 1 aliphatic heterocycles. The predicted molar refractivity (Wildman–Crippen MR) is 96.6 cm³/mol. The van der Waals surface area contributed by atoms with Gasteiger partial charge in [-0.25, -0.2) is 18.5 Å². The van der Waals surface area contributed by atoms with Crippen LogP contribution >= 0.6 is 35.1 Å². The van der Waals surface area contributed by atoms with E-state index in [0.717, 1.165) is 10.8 Å². The Morgan fingerprint density at radius 3 is 2.40 bits per heavy atom. The number of hydrogen-bond donors (Lipinski definition) is 6. The summed E-state index contributed by atoms with van der Waals surface area (Å²) < 4.78 is 51.3. The maximum absolute atomic E-state index is 12.0. The van der Waals surface area contributed by atoms with Crippen LogP contribution in [-0.4, -0.2) is 57.9 Å². The zero-order valence-corrected chi connectivity index (χ0v) is 17.9. The fourth-order valence-electron chi connectivity index (χ4n) is 2.31. The predicted octanol–water partition coefficient (Wildman–Crippen LogP) is -0.761. The van der Waals surface area contributed by atoms with Gasteiger partial charge in [-0.05, 0) is 6.07 Å². The van der Waals surface area contributed by atoms with Crippen molar-refractivity contribution in [2.45, 2.75) is 23.3 Å². The number of halogens is 1. The molecule has 0 amide bonds. The lowest BCUT2D eigenvalue weighted by Gasteiger charge is -2.20. The number of rotatable bonds is 8. The topological polar surface area (TPSA) is 250 Å². The van der Waals surface area contributed by atoms with Crippen molar-refractivity contribution in [3.05, 3.63) is 29.7 Å². The van der Waals surface area contributed by atoms with Gasteiger partial charge >= 0.3 is 29.2 Å². The Kier molecular flexibility index (Phi) is 7.29. The molecule has 0 radical (unpaired) electrons. The van der Waals surface area contributed by atoms with Crippen LogP contribution in [0.3, 0.4) is 0 Å². The number of aromatic nitrogens is 2. The Bertz CT molecular complexity index is 995. The van der Waals surface area contributed by atoms with Gasteiger partial charge in [0, 0.05) is 6.20 Å². The van der Waals surface area contributed by atoms with E-state index < -0.39 is 59.1 Å². The number of nitrogens with zero attached hydrogens (tertiary/aromatic N) is 2. The molecular formula is C10H16ClN3O13P3+. The smallest absolute Gasteiger partial charge is 0.384 e. The summed E-state index contributed by atoms with van der Waals surface area (Å²) >= 11 is 6.14. The van der Waals surface area contributed by atoms with E-state index in [1.54, 1.807) is 0 Å². The van der Waals surface area contributed by atoms with Gasteiger partial charge < -0.3 is 35.2 Å². The Hall–Kier alpha value is -0.830. The lowest BCUT2D eigenvalue weighted by atomic mass is 10.0. The molecule has 6 atom stereocenters. The molecule has 1 aromatic rings. The van der Waals surface area contributed by atoms with E-state index in [0.29, 0.717) is 0 Å². The van der Waals surface area contributed by atoms with Gasteiger partial charge in [0.1, 0.15) is 18.0 Å². The van der Waals surface area contributed by atoms with Crippen LogP contribution < -0.4 is 11.4 Å². The Morgan fingerprint density at radius 2 is 1.87 bits per heavy atom. The van der Waals surface area contributed by atoms with E-state index in [-0.39, 0.29) is 5.82 Å². The monoisotopic (exact) mass is 514 g/mol. The largest absolute Gasteiger partial charge is 0.490 e. The first-order valence-electron chi connectivity index (χ1n) is 7.44. The molecule has 30 heavy (non-hydrogen) atoms. The highest BCUT2D eigenvalue weighted by atomic mass is 35.5. The summed E-state index contributed by atoms with van der Waals surface area (Å²) in [6.45, 7) is 2.53. The fraction of sp³-hybridized carbons (Fsp3) is 0.500. The molecule has 1 fully saturated rings. The molecule has 0 saturated carbocycles. The van der Waals surface area contributed by atoms with Crippen LogP contribution in [0.5, 0.6) is 0 Å². The molecule has 1 aromatic heterocycles. The minimum atomic E-state index is -5.72. The van der Waals surface area contributed by atoms with E-state index >= 15 is 0 Å². The number of hydrogen-bond acceptors (Lipinski definition) is 11. The average Bonchev–Trinajstić information content (AvgIpc) is 2.73. The highest BCUT2D eigenvalue weighted by Gasteiger charge is 2.59. The second kappa shape index (κ2) is 8.60. The Labute approximate surface area is 172 Å². The molecule has 0 bridgehead atoms. The van der Waals surface area contributed by atoms with Gasteiger partial charge in [-0.2, -0.15) is 13.6 Å². The third-order valence-electron chi connectivity index (χ3n) is 3.48. The van der Waals surface area contributed by atoms with Crippen molar-refractivity contribution in [2.75, 3.05) is 12.3 Å². The molecule has 0 aliphatic carbocycles. The summed E-state index contributed by atoms with van der Waals surface area (Å²) in [5, 5.41) is 10.3. The number of nitrogens with two attached hydrogens (primary N) is 1. The standard InChI is InChI=1S/C10H15ClN3O13P3/c1-10(11)7(15)5(25-8(10)14-3-2-6(12)13-9(14)16)4-24-29(20,21)27-30(22,23)26-28(17,18)19/h2-3,5,7-8,15H,1,4H2,(H5-,12,13,16,17,18,19,20,21,22,23)/p+1. The number of alkyl halides is 1. The summed E-state index contributed by atoms with van der Waals surface area (Å²) in [6, 6.07) is 1.23. The van der Waals surface area contributed by atoms with Crippen LogP contribution in [0.1, 0.15) is 6.23 Å². The number of phosphoric ester groups is 1. The van der Waals surface area contributed by atoms with Gasteiger partial charge in [0.25, 0.3) is 4.87 Å². The lowest BCUT2D eigenvalue weighted by molar-refractivity contribution is -0.0456. The third kappa shape index (κ3) is 6.34. The normalized spacial score (nSPS) is 31.2. The van der Waals surface area contributed by atoms with Crippen molar-refractivity contribution in [3.8, 4) is 0 Å². The van der Waals surface area contributed by atoms with Crippen molar-refractivity contribution in [2.24, 2.45) is 0 Å². The van der Waals surface area contributed by atoms with E-state index in [1.165, 1.54) is 6.07 Å². The number of phosphoric acid groups is 3. The van der Waals surface area contributed by atoms with E-state index in [9.17, 15) is 28.5 Å². The number of anilines is 1. The van der Waals surface area contributed by atoms with Gasteiger partial charge in [0.2, 0.25) is 6.23 Å². The van der Waals surface area contributed by atoms with Gasteiger partial charge in [0.05, 0.1) is 13.5 Å². The number of ether oxygens (including phenoxy) is 1. The number of nitrogen functional groups attached to an aromatic ring is 1. The Morgan fingerprint density at radius 1 is 1.27 bits per heavy atom. The number of aliphatic hydroxyl groups excluding tert-OH is 1. The van der Waals surface area contributed by atoms with Gasteiger partial charge in [0.15, 0.2) is 0 Å². The second-order valence-corrected chi connectivity index (χ2v) is 11.0. The van der Waals surface area contributed by atoms with Gasteiger partial charge in [-0.3, -0.25) is 9.09 Å². The summed E-state index contributed by atoms with van der Waals surface area (Å²) in [6.07, 6.45) is -3.51. The zero-order chi connectivity index (χ0) is 23.1. The van der Waals surface area contributed by atoms with E-state index in [4.69, 9.17) is 36.8 Å². The van der Waals surface area contributed by atoms with Crippen LogP contribution in [0, 0.1) is 6.92 Å². The molecule has 6 unspecified atom stereocenters. The Balaban J connectivity index is 2.12. The maximum atomic E-state index is 12.0. The van der Waals surface area contributed by atoms with Crippen LogP contribution in [0.25, 0.3) is 0 Å². The SMILES string of the molecule is [CH2+]C1(Cl)C(O)C(COP(=O)(O)OP(=O)(O)OP(=O)(O)O)OC1n1ccc(N)nc1=O. The fourth-order valence-corrected chi connectivity index (χ4v) is 5.64. The molecule has 2 rings (SSSR count). The van der Waals surface area contributed by atoms with Gasteiger partial charge in [-0.1, -0.05) is 11.6 Å². The van der Waals surface area contributed by atoms with Crippen molar-refractivity contribution in [3.63, 3.8) is 0 Å². The van der Waals surface area contributed by atoms with E-state index in [2.05, 4.69) is 25.1 Å². The molecule has 7 N–H and O–H groups in total. The molecule has 16 nitrogen and oxygen atoms in total. The first-order valence-corrected chi connectivity index (χ1v) is 12.3. The van der Waals surface area contributed by atoms with Crippen LogP contribution in [0.4, 0.5) is 5.82 Å². The third-order valence-corrected chi connectivity index (χ3v) is 7.69.